The average Bonchev–Trinajstić information content (AvgIpc) is 2.30. The maximum absolute atomic E-state index is 4.42. The molecule has 2 atom stereocenters. The second kappa shape index (κ2) is 5.39. The zero-order valence-electron chi connectivity index (χ0n) is 9.90. The van der Waals surface area contributed by atoms with Gasteiger partial charge in [0.25, 0.3) is 0 Å². The molecular formula is C12H20N4. The van der Waals surface area contributed by atoms with Crippen LogP contribution in [0.4, 0.5) is 0 Å². The summed E-state index contributed by atoms with van der Waals surface area (Å²) in [6.45, 7) is 6.29. The van der Waals surface area contributed by atoms with E-state index in [1.807, 2.05) is 18.3 Å². The second-order valence-electron chi connectivity index (χ2n) is 4.44. The lowest BCUT2D eigenvalue weighted by atomic mass is 10.1. The van der Waals surface area contributed by atoms with Crippen LogP contribution in [0.5, 0.6) is 0 Å². The van der Waals surface area contributed by atoms with Crippen LogP contribution in [-0.2, 0) is 0 Å². The largest absolute Gasteiger partial charge is 0.305 e. The summed E-state index contributed by atoms with van der Waals surface area (Å²) in [5.74, 6) is 0. The first-order chi connectivity index (χ1) is 7.77. The average molecular weight is 220 g/mol. The summed E-state index contributed by atoms with van der Waals surface area (Å²) in [5.41, 5.74) is 1.09. The molecule has 2 rings (SSSR count). The van der Waals surface area contributed by atoms with Gasteiger partial charge in [-0.15, -0.1) is 0 Å². The molecule has 88 valence electrons. The molecule has 0 bridgehead atoms. The van der Waals surface area contributed by atoms with Crippen LogP contribution in [0.1, 0.15) is 25.6 Å². The van der Waals surface area contributed by atoms with Crippen molar-refractivity contribution in [2.75, 3.05) is 13.1 Å². The molecule has 0 radical (unpaired) electrons. The lowest BCUT2D eigenvalue weighted by Crippen LogP contribution is -2.58. The van der Waals surface area contributed by atoms with Crippen LogP contribution < -0.4 is 16.0 Å². The van der Waals surface area contributed by atoms with Crippen LogP contribution in [0, 0.1) is 0 Å². The van der Waals surface area contributed by atoms with Crippen molar-refractivity contribution in [3.63, 3.8) is 0 Å². The molecule has 2 heterocycles. The topological polar surface area (TPSA) is 49.0 Å². The zero-order valence-corrected chi connectivity index (χ0v) is 9.90. The first-order valence-corrected chi connectivity index (χ1v) is 5.91. The molecule has 0 saturated carbocycles. The highest BCUT2D eigenvalue weighted by Crippen LogP contribution is 2.15. The van der Waals surface area contributed by atoms with Gasteiger partial charge in [0, 0.05) is 25.3 Å². The van der Waals surface area contributed by atoms with Crippen molar-refractivity contribution in [3.8, 4) is 0 Å². The van der Waals surface area contributed by atoms with E-state index in [1.54, 1.807) is 0 Å². The van der Waals surface area contributed by atoms with Crippen molar-refractivity contribution in [3.05, 3.63) is 30.1 Å². The summed E-state index contributed by atoms with van der Waals surface area (Å²) in [5, 5.41) is 10.5. The van der Waals surface area contributed by atoms with Crippen molar-refractivity contribution < 1.29 is 0 Å². The SMILES string of the molecule is CC(C)NC1NCCNC1c1ccccn1. The third-order valence-corrected chi connectivity index (χ3v) is 2.71. The third kappa shape index (κ3) is 2.78. The summed E-state index contributed by atoms with van der Waals surface area (Å²) in [6.07, 6.45) is 2.10. The van der Waals surface area contributed by atoms with E-state index in [1.165, 1.54) is 0 Å². The third-order valence-electron chi connectivity index (χ3n) is 2.71. The predicted octanol–water partition coefficient (Wildman–Crippen LogP) is 0.640. The van der Waals surface area contributed by atoms with E-state index in [0.29, 0.717) is 6.04 Å². The molecule has 1 fully saturated rings. The normalized spacial score (nSPS) is 25.9. The molecule has 4 heteroatoms. The quantitative estimate of drug-likeness (QED) is 0.699. The highest BCUT2D eigenvalue weighted by molar-refractivity contribution is 5.12. The molecule has 1 aliphatic heterocycles. The Hall–Kier alpha value is -0.970. The summed E-state index contributed by atoms with van der Waals surface area (Å²) in [4.78, 5) is 4.42. The summed E-state index contributed by atoms with van der Waals surface area (Å²) in [7, 11) is 0. The van der Waals surface area contributed by atoms with Crippen LogP contribution in [0.3, 0.4) is 0 Å². The van der Waals surface area contributed by atoms with Crippen LogP contribution >= 0.6 is 0 Å². The van der Waals surface area contributed by atoms with Gasteiger partial charge < -0.3 is 5.32 Å². The molecular weight excluding hydrogens is 200 g/mol. The van der Waals surface area contributed by atoms with Gasteiger partial charge in [-0.2, -0.15) is 0 Å². The van der Waals surface area contributed by atoms with Gasteiger partial charge in [-0.1, -0.05) is 6.07 Å². The smallest absolute Gasteiger partial charge is 0.0791 e. The standard InChI is InChI=1S/C12H20N4/c1-9(2)16-12-11(14-7-8-15-12)10-5-3-4-6-13-10/h3-6,9,11-12,14-16H,7-8H2,1-2H3. The number of pyridine rings is 1. The van der Waals surface area contributed by atoms with Gasteiger partial charge in [0.15, 0.2) is 0 Å². The van der Waals surface area contributed by atoms with Crippen LogP contribution in [0.25, 0.3) is 0 Å². The molecule has 0 aromatic carbocycles. The van der Waals surface area contributed by atoms with Gasteiger partial charge in [0.2, 0.25) is 0 Å². The number of piperazine rings is 1. The Morgan fingerprint density at radius 1 is 1.31 bits per heavy atom. The molecule has 1 saturated heterocycles. The van der Waals surface area contributed by atoms with E-state index < -0.39 is 0 Å². The van der Waals surface area contributed by atoms with Crippen LogP contribution in [0.2, 0.25) is 0 Å². The van der Waals surface area contributed by atoms with Crippen molar-refractivity contribution in [1.82, 2.24) is 20.9 Å². The summed E-state index contributed by atoms with van der Waals surface area (Å²) < 4.78 is 0. The van der Waals surface area contributed by atoms with E-state index in [9.17, 15) is 0 Å². The number of nitrogens with zero attached hydrogens (tertiary/aromatic N) is 1. The minimum atomic E-state index is 0.248. The molecule has 0 spiro atoms. The first kappa shape index (κ1) is 11.5. The molecule has 0 amide bonds. The van der Waals surface area contributed by atoms with Crippen molar-refractivity contribution >= 4 is 0 Å². The molecule has 1 aromatic rings. The first-order valence-electron chi connectivity index (χ1n) is 5.91. The molecule has 3 N–H and O–H groups in total. The Labute approximate surface area is 96.8 Å². The van der Waals surface area contributed by atoms with Crippen molar-refractivity contribution in [2.24, 2.45) is 0 Å². The fourth-order valence-electron chi connectivity index (χ4n) is 2.04. The summed E-state index contributed by atoms with van der Waals surface area (Å²) >= 11 is 0. The Morgan fingerprint density at radius 3 is 2.81 bits per heavy atom. The molecule has 4 nitrogen and oxygen atoms in total. The Kier molecular flexibility index (Phi) is 3.88. The maximum atomic E-state index is 4.42. The van der Waals surface area contributed by atoms with Gasteiger partial charge >= 0.3 is 0 Å². The molecule has 16 heavy (non-hydrogen) atoms. The highest BCUT2D eigenvalue weighted by Gasteiger charge is 2.26. The lowest BCUT2D eigenvalue weighted by Gasteiger charge is -2.35. The van der Waals surface area contributed by atoms with E-state index >= 15 is 0 Å². The fraction of sp³-hybridized carbons (Fsp3) is 0.583. The lowest BCUT2D eigenvalue weighted by molar-refractivity contribution is 0.263. The van der Waals surface area contributed by atoms with Gasteiger partial charge in [0.1, 0.15) is 0 Å². The predicted molar refractivity (Wildman–Crippen MR) is 65.0 cm³/mol. The fourth-order valence-corrected chi connectivity index (χ4v) is 2.04. The van der Waals surface area contributed by atoms with E-state index in [-0.39, 0.29) is 12.2 Å². The van der Waals surface area contributed by atoms with Crippen LogP contribution in [0.15, 0.2) is 24.4 Å². The van der Waals surface area contributed by atoms with Crippen LogP contribution in [-0.4, -0.2) is 30.3 Å². The number of rotatable bonds is 3. The van der Waals surface area contributed by atoms with E-state index in [4.69, 9.17) is 0 Å². The number of aromatic nitrogens is 1. The summed E-state index contributed by atoms with van der Waals surface area (Å²) in [6, 6.07) is 6.76. The Morgan fingerprint density at radius 2 is 2.12 bits per heavy atom. The van der Waals surface area contributed by atoms with E-state index in [2.05, 4.69) is 40.8 Å². The minimum absolute atomic E-state index is 0.248. The second-order valence-corrected chi connectivity index (χ2v) is 4.44. The van der Waals surface area contributed by atoms with Crippen molar-refractivity contribution in [2.45, 2.75) is 32.1 Å². The maximum Gasteiger partial charge on any atom is 0.0791 e. The van der Waals surface area contributed by atoms with Gasteiger partial charge in [-0.05, 0) is 26.0 Å². The highest BCUT2D eigenvalue weighted by atomic mass is 15.2. The molecule has 1 aliphatic rings. The van der Waals surface area contributed by atoms with E-state index in [0.717, 1.165) is 18.8 Å². The van der Waals surface area contributed by atoms with Gasteiger partial charge in [-0.25, -0.2) is 0 Å². The monoisotopic (exact) mass is 220 g/mol. The number of nitrogens with one attached hydrogen (secondary N) is 3. The molecule has 1 aromatic heterocycles. The Bertz CT molecular complexity index is 312. The number of hydrogen-bond acceptors (Lipinski definition) is 4. The molecule has 2 unspecified atom stereocenters. The zero-order chi connectivity index (χ0) is 11.4. The van der Waals surface area contributed by atoms with Gasteiger partial charge in [-0.3, -0.25) is 15.6 Å². The molecule has 0 aliphatic carbocycles. The minimum Gasteiger partial charge on any atom is -0.305 e. The van der Waals surface area contributed by atoms with Crippen molar-refractivity contribution in [1.29, 1.82) is 0 Å². The Balaban J connectivity index is 2.10. The van der Waals surface area contributed by atoms with Gasteiger partial charge in [0.05, 0.1) is 17.9 Å². The number of hydrogen-bond donors (Lipinski definition) is 3.